The van der Waals surface area contributed by atoms with Crippen LogP contribution in [-0.4, -0.2) is 15.5 Å². The second-order valence-corrected chi connectivity index (χ2v) is 8.14. The maximum Gasteiger partial charge on any atom is 0.262 e. The van der Waals surface area contributed by atoms with Crippen molar-refractivity contribution < 1.29 is 4.79 Å². The largest absolute Gasteiger partial charge is 0.345 e. The van der Waals surface area contributed by atoms with E-state index in [1.165, 1.54) is 11.3 Å². The number of thiophene rings is 1. The van der Waals surface area contributed by atoms with Gasteiger partial charge in [-0.05, 0) is 37.8 Å². The predicted molar refractivity (Wildman–Crippen MR) is 108 cm³/mol. The van der Waals surface area contributed by atoms with Crippen LogP contribution in [0.1, 0.15) is 58.9 Å². The summed E-state index contributed by atoms with van der Waals surface area (Å²) in [5.41, 5.74) is 1.79. The van der Waals surface area contributed by atoms with Crippen LogP contribution in [0.3, 0.4) is 0 Å². The fraction of sp³-hybridized carbons (Fsp3) is 0.381. The van der Waals surface area contributed by atoms with Crippen molar-refractivity contribution in [2.45, 2.75) is 52.1 Å². The molecule has 0 bridgehead atoms. The van der Waals surface area contributed by atoms with Crippen LogP contribution in [0.15, 0.2) is 35.1 Å². The molecule has 0 spiro atoms. The summed E-state index contributed by atoms with van der Waals surface area (Å²) in [7, 11) is 0. The molecule has 1 atom stereocenters. The molecule has 1 aliphatic heterocycles. The van der Waals surface area contributed by atoms with Crippen LogP contribution in [0, 0.1) is 6.92 Å². The van der Waals surface area contributed by atoms with Crippen molar-refractivity contribution in [1.29, 1.82) is 0 Å². The molecule has 1 aromatic carbocycles. The number of aryl methyl sites for hydroxylation is 2. The van der Waals surface area contributed by atoms with E-state index in [1.807, 2.05) is 48.7 Å². The molecule has 1 aliphatic rings. The van der Waals surface area contributed by atoms with Crippen molar-refractivity contribution in [3.63, 3.8) is 0 Å². The normalized spacial score (nSPS) is 15.2. The molecule has 1 amide bonds. The van der Waals surface area contributed by atoms with Gasteiger partial charge in [0.15, 0.2) is 0 Å². The van der Waals surface area contributed by atoms with Crippen molar-refractivity contribution in [3.05, 3.63) is 62.5 Å². The molecule has 4 rings (SSSR count). The zero-order valence-electron chi connectivity index (χ0n) is 15.6. The van der Waals surface area contributed by atoms with Crippen LogP contribution in [0.4, 0.5) is 0 Å². The van der Waals surface area contributed by atoms with Gasteiger partial charge in [0.2, 0.25) is 0 Å². The Morgan fingerprint density at radius 1 is 1.22 bits per heavy atom. The van der Waals surface area contributed by atoms with Gasteiger partial charge in [0.1, 0.15) is 10.7 Å². The Hall–Kier alpha value is -2.47. The van der Waals surface area contributed by atoms with Crippen LogP contribution in [0.2, 0.25) is 0 Å². The number of rotatable bonds is 3. The molecule has 0 fully saturated rings. The minimum atomic E-state index is -0.147. The first kappa shape index (κ1) is 17.9. The maximum atomic E-state index is 13.0. The third-order valence-corrected chi connectivity index (χ3v) is 6.45. The van der Waals surface area contributed by atoms with E-state index in [9.17, 15) is 9.59 Å². The lowest BCUT2D eigenvalue weighted by Gasteiger charge is -2.13. The summed E-state index contributed by atoms with van der Waals surface area (Å²) in [5, 5.41) is 3.65. The number of hydrogen-bond donors (Lipinski definition) is 1. The first-order valence-corrected chi connectivity index (χ1v) is 10.3. The molecule has 3 heterocycles. The van der Waals surface area contributed by atoms with Crippen LogP contribution < -0.4 is 10.9 Å². The highest BCUT2D eigenvalue weighted by atomic mass is 32.1. The first-order chi connectivity index (χ1) is 13.1. The standard InChI is InChI=1S/C21H23N3O2S/c1-13-17-20(23-16-11-7-4-8-12-24(16)21(17)26)27-18(13)19(25)22-14(2)15-9-5-3-6-10-15/h3,5-6,9-10,14H,4,7-8,11-12H2,1-2H3,(H,22,25). The topological polar surface area (TPSA) is 64.0 Å². The minimum Gasteiger partial charge on any atom is -0.345 e. The van der Waals surface area contributed by atoms with E-state index in [2.05, 4.69) is 5.32 Å². The fourth-order valence-electron chi connectivity index (χ4n) is 3.71. The maximum absolute atomic E-state index is 13.0. The number of amides is 1. The van der Waals surface area contributed by atoms with Gasteiger partial charge in [-0.1, -0.05) is 36.8 Å². The van der Waals surface area contributed by atoms with E-state index in [0.717, 1.165) is 49.2 Å². The van der Waals surface area contributed by atoms with E-state index in [-0.39, 0.29) is 17.5 Å². The van der Waals surface area contributed by atoms with Crippen molar-refractivity contribution in [2.24, 2.45) is 0 Å². The average Bonchev–Trinajstić information content (AvgIpc) is 2.84. The summed E-state index contributed by atoms with van der Waals surface area (Å²) >= 11 is 1.33. The Kier molecular flexibility index (Phi) is 4.83. The Morgan fingerprint density at radius 3 is 2.78 bits per heavy atom. The van der Waals surface area contributed by atoms with Crippen LogP contribution in [0.25, 0.3) is 10.2 Å². The molecule has 0 saturated carbocycles. The van der Waals surface area contributed by atoms with Gasteiger partial charge in [-0.3, -0.25) is 14.2 Å². The number of nitrogens with zero attached hydrogens (tertiary/aromatic N) is 2. The van der Waals surface area contributed by atoms with Gasteiger partial charge < -0.3 is 5.32 Å². The molecule has 5 nitrogen and oxygen atoms in total. The zero-order chi connectivity index (χ0) is 19.0. The lowest BCUT2D eigenvalue weighted by molar-refractivity contribution is 0.0943. The number of benzene rings is 1. The zero-order valence-corrected chi connectivity index (χ0v) is 16.4. The van der Waals surface area contributed by atoms with Gasteiger partial charge in [0.25, 0.3) is 11.5 Å². The quantitative estimate of drug-likeness (QED) is 0.746. The van der Waals surface area contributed by atoms with E-state index >= 15 is 0 Å². The van der Waals surface area contributed by atoms with E-state index < -0.39 is 0 Å². The highest BCUT2D eigenvalue weighted by Gasteiger charge is 2.23. The predicted octanol–water partition coefficient (Wildman–Crippen LogP) is 3.98. The summed E-state index contributed by atoms with van der Waals surface area (Å²) in [5.74, 6) is 0.710. The highest BCUT2D eigenvalue weighted by molar-refractivity contribution is 7.20. The Balaban J connectivity index is 1.70. The summed E-state index contributed by atoms with van der Waals surface area (Å²) in [6.07, 6.45) is 4.02. The summed E-state index contributed by atoms with van der Waals surface area (Å²) in [6, 6.07) is 9.76. The lowest BCUT2D eigenvalue weighted by Crippen LogP contribution is -2.27. The third kappa shape index (κ3) is 3.30. The Labute approximate surface area is 162 Å². The molecule has 140 valence electrons. The van der Waals surface area contributed by atoms with Crippen LogP contribution in [0.5, 0.6) is 0 Å². The van der Waals surface area contributed by atoms with Crippen LogP contribution in [-0.2, 0) is 13.0 Å². The third-order valence-electron chi connectivity index (χ3n) is 5.26. The SMILES string of the molecule is Cc1c(C(=O)NC(C)c2ccccc2)sc2nc3n(c(=O)c12)CCCCC3. The van der Waals surface area contributed by atoms with E-state index in [0.29, 0.717) is 15.1 Å². The van der Waals surface area contributed by atoms with E-state index in [4.69, 9.17) is 4.98 Å². The van der Waals surface area contributed by atoms with Gasteiger partial charge in [0.05, 0.1) is 16.3 Å². The van der Waals surface area contributed by atoms with Crippen molar-refractivity contribution in [2.75, 3.05) is 0 Å². The number of carbonyl (C=O) groups is 1. The molecule has 2 aromatic heterocycles. The number of hydrogen-bond acceptors (Lipinski definition) is 4. The molecule has 0 aliphatic carbocycles. The monoisotopic (exact) mass is 381 g/mol. The molecule has 1 unspecified atom stereocenters. The molecule has 1 N–H and O–H groups in total. The number of nitrogens with one attached hydrogen (secondary N) is 1. The molecule has 0 saturated heterocycles. The van der Waals surface area contributed by atoms with Crippen molar-refractivity contribution in [3.8, 4) is 0 Å². The molecule has 0 radical (unpaired) electrons. The number of aromatic nitrogens is 2. The highest BCUT2D eigenvalue weighted by Crippen LogP contribution is 2.29. The smallest absolute Gasteiger partial charge is 0.262 e. The summed E-state index contributed by atoms with van der Waals surface area (Å²) < 4.78 is 1.81. The second-order valence-electron chi connectivity index (χ2n) is 7.14. The number of carbonyl (C=O) groups excluding carboxylic acids is 1. The second kappa shape index (κ2) is 7.27. The molecule has 27 heavy (non-hydrogen) atoms. The Morgan fingerprint density at radius 2 is 2.00 bits per heavy atom. The van der Waals surface area contributed by atoms with Crippen molar-refractivity contribution in [1.82, 2.24) is 14.9 Å². The molecule has 3 aromatic rings. The van der Waals surface area contributed by atoms with Gasteiger partial charge >= 0.3 is 0 Å². The number of fused-ring (bicyclic) bond motifs is 2. The van der Waals surface area contributed by atoms with Gasteiger partial charge in [-0.2, -0.15) is 0 Å². The average molecular weight is 382 g/mol. The molecular weight excluding hydrogens is 358 g/mol. The first-order valence-electron chi connectivity index (χ1n) is 9.45. The Bertz CT molecular complexity index is 1050. The van der Waals surface area contributed by atoms with E-state index in [1.54, 1.807) is 0 Å². The minimum absolute atomic E-state index is 0.000748. The summed E-state index contributed by atoms with van der Waals surface area (Å²) in [4.78, 5) is 31.9. The molecule has 6 heteroatoms. The van der Waals surface area contributed by atoms with Gasteiger partial charge in [-0.15, -0.1) is 11.3 Å². The van der Waals surface area contributed by atoms with Crippen LogP contribution >= 0.6 is 11.3 Å². The van der Waals surface area contributed by atoms with Gasteiger partial charge in [0, 0.05) is 13.0 Å². The van der Waals surface area contributed by atoms with Crippen molar-refractivity contribution >= 4 is 27.5 Å². The lowest BCUT2D eigenvalue weighted by atomic mass is 10.1. The fourth-order valence-corrected chi connectivity index (χ4v) is 4.81. The molecular formula is C21H23N3O2S. The summed E-state index contributed by atoms with van der Waals surface area (Å²) in [6.45, 7) is 4.54. The van der Waals surface area contributed by atoms with Gasteiger partial charge in [-0.25, -0.2) is 4.98 Å².